The maximum absolute atomic E-state index is 18.3. The van der Waals surface area contributed by atoms with E-state index in [1.807, 2.05) is 79.7 Å². The molecule has 0 spiro atoms. The molecule has 1 saturated heterocycles. The number of allylic oxidation sites excluding steroid dienone is 4. The summed E-state index contributed by atoms with van der Waals surface area (Å²) >= 11 is 0. The normalized spacial score (nSPS) is 32.1. The van der Waals surface area contributed by atoms with Crippen molar-refractivity contribution in [3.63, 3.8) is 0 Å². The number of rotatable bonds is 19. The van der Waals surface area contributed by atoms with E-state index in [9.17, 15) is 33.6 Å². The number of alkyl carbamates (subject to hydrolysis) is 1. The Bertz CT molecular complexity index is 3330. The molecule has 1 heterocycles. The summed E-state index contributed by atoms with van der Waals surface area (Å²) in [6.07, 6.45) is 3.40. The molecule has 3 aromatic rings. The number of aliphatic hydroxyl groups is 1. The van der Waals surface area contributed by atoms with Gasteiger partial charge in [0.15, 0.2) is 29.1 Å². The first-order chi connectivity index (χ1) is 41.1. The summed E-state index contributed by atoms with van der Waals surface area (Å²) in [4.78, 5) is 81.3. The molecule has 10 atom stereocenters. The monoisotopic (exact) mass is 1230 g/mol. The van der Waals surface area contributed by atoms with E-state index in [-0.39, 0.29) is 49.4 Å². The van der Waals surface area contributed by atoms with Crippen molar-refractivity contribution in [2.75, 3.05) is 19.8 Å². The summed E-state index contributed by atoms with van der Waals surface area (Å²) in [6.45, 7) is 17.8. The molecular formula is C68H85FN3O15P. The van der Waals surface area contributed by atoms with E-state index in [0.29, 0.717) is 49.7 Å². The second-order valence-corrected chi connectivity index (χ2v) is 31.0. The zero-order chi connectivity index (χ0) is 63.4. The van der Waals surface area contributed by atoms with Gasteiger partial charge in [0.05, 0.1) is 23.4 Å². The van der Waals surface area contributed by atoms with Crippen molar-refractivity contribution in [3.05, 3.63) is 119 Å². The fourth-order valence-electron chi connectivity index (χ4n) is 16.5. The highest BCUT2D eigenvalue weighted by Crippen LogP contribution is 2.73. The lowest BCUT2D eigenvalue weighted by Gasteiger charge is -2.71. The topological polar surface area (TPSA) is 240 Å². The molecule has 20 heteroatoms. The molecule has 4 N–H and O–H groups in total. The Morgan fingerprint density at radius 3 is 2.08 bits per heavy atom. The van der Waals surface area contributed by atoms with E-state index in [0.717, 1.165) is 27.8 Å². The summed E-state index contributed by atoms with van der Waals surface area (Å²) in [5.41, 5.74) is -3.33. The highest BCUT2D eigenvalue weighted by atomic mass is 31.2. The molecule has 0 radical (unpaired) electrons. The van der Waals surface area contributed by atoms with Crippen LogP contribution in [0.5, 0.6) is 0 Å². The number of ketones is 2. The van der Waals surface area contributed by atoms with E-state index >= 15 is 9.18 Å². The molecule has 6 saturated carbocycles. The van der Waals surface area contributed by atoms with Gasteiger partial charge in [0.25, 0.3) is 0 Å². The second kappa shape index (κ2) is 22.5. The molecule has 8 aliphatic carbocycles. The van der Waals surface area contributed by atoms with Crippen molar-refractivity contribution >= 4 is 43.3 Å². The molecular weight excluding hydrogens is 1150 g/mol. The average Bonchev–Trinajstić information content (AvgIpc) is 1.42. The molecule has 88 heavy (non-hydrogen) atoms. The predicted molar refractivity (Wildman–Crippen MR) is 323 cm³/mol. The van der Waals surface area contributed by atoms with Crippen LogP contribution in [0.4, 0.5) is 9.18 Å². The number of carbonyl (C=O) groups excluding carboxylic acids is 6. The Labute approximate surface area is 514 Å². The minimum atomic E-state index is -4.41. The predicted octanol–water partition coefficient (Wildman–Crippen LogP) is 10.9. The summed E-state index contributed by atoms with van der Waals surface area (Å²) in [5, 5.41) is 20.7. The van der Waals surface area contributed by atoms with Crippen molar-refractivity contribution in [3.8, 4) is 11.1 Å². The van der Waals surface area contributed by atoms with Gasteiger partial charge in [-0.1, -0.05) is 91.4 Å². The molecule has 3 aromatic carbocycles. The largest absolute Gasteiger partial charge is 0.476 e. The van der Waals surface area contributed by atoms with Crippen LogP contribution in [-0.2, 0) is 67.5 Å². The summed E-state index contributed by atoms with van der Waals surface area (Å²) in [5.74, 6) is -3.89. The number of benzene rings is 3. The quantitative estimate of drug-likeness (QED) is 0.0645. The third-order valence-electron chi connectivity index (χ3n) is 19.7. The first kappa shape index (κ1) is 63.6. The molecule has 18 nitrogen and oxygen atoms in total. The zero-order valence-corrected chi connectivity index (χ0v) is 53.3. The van der Waals surface area contributed by atoms with Crippen molar-refractivity contribution in [1.29, 1.82) is 0 Å². The van der Waals surface area contributed by atoms with Crippen LogP contribution >= 0.6 is 7.82 Å². The number of fused-ring (bicyclic) bond motifs is 10. The van der Waals surface area contributed by atoms with Crippen LogP contribution in [0.25, 0.3) is 11.1 Å². The van der Waals surface area contributed by atoms with Crippen LogP contribution in [0.2, 0.25) is 0 Å². The number of alkyl halides is 1. The van der Waals surface area contributed by atoms with Gasteiger partial charge in [-0.2, -0.15) is 0 Å². The lowest BCUT2D eigenvalue weighted by atomic mass is 9.38. The van der Waals surface area contributed by atoms with Crippen molar-refractivity contribution in [1.82, 2.24) is 16.0 Å². The van der Waals surface area contributed by atoms with Crippen LogP contribution < -0.4 is 16.0 Å². The molecule has 7 fully saturated rings. The van der Waals surface area contributed by atoms with Gasteiger partial charge < -0.3 is 40.0 Å². The maximum atomic E-state index is 18.3. The third-order valence-corrected chi connectivity index (χ3v) is 21.7. The standard InChI is InChI=1S/C68H85FN3O15P/c1-60(2,3)84-56(77)27-26-51(71-55(76)34-70-59(79)81-35-48-46-18-14-12-16-44(46)45-17-13-15-19-47(45)48)57(78)72-66-37-65(38-66,39-66)32-40-20-22-41(23-21-40)58-83-54-31-50-49-25-24-42-30-43(73)28-29-63(42,10)67(49,69)52(74)33-64(50,11)68(54,85-58)53(75)36-82-88(80,86-61(4,5)6)87-62(7,8)9/h12-23,28-30,48-52,54,58,74H,24-27,31-39H2,1-11H3,(H,70,79)(H,71,76)(H,72,78)/t49-,50-,51-,52-,54+,58+,63-,64-,65?,66?,67-,68+/m0/s1. The van der Waals surface area contributed by atoms with Crippen molar-refractivity contribution < 1.29 is 75.3 Å². The fourth-order valence-corrected chi connectivity index (χ4v) is 18.2. The van der Waals surface area contributed by atoms with Crippen LogP contribution in [0.1, 0.15) is 168 Å². The molecule has 12 rings (SSSR count). The molecule has 0 unspecified atom stereocenters. The Balaban J connectivity index is 0.741. The fraction of sp³-hybridized carbons (Fsp3) is 0.588. The number of amides is 3. The highest BCUT2D eigenvalue weighted by molar-refractivity contribution is 7.48. The number of halogens is 1. The van der Waals surface area contributed by atoms with E-state index in [4.69, 9.17) is 32.5 Å². The van der Waals surface area contributed by atoms with Gasteiger partial charge in [0.2, 0.25) is 11.8 Å². The highest BCUT2D eigenvalue weighted by Gasteiger charge is 2.79. The Morgan fingerprint density at radius 1 is 0.841 bits per heavy atom. The minimum absolute atomic E-state index is 0.0370. The number of phosphoric ester groups is 1. The molecule has 3 amide bonds. The van der Waals surface area contributed by atoms with Crippen molar-refractivity contribution in [2.24, 2.45) is 28.1 Å². The summed E-state index contributed by atoms with van der Waals surface area (Å²) < 4.78 is 75.4. The Morgan fingerprint density at radius 2 is 1.47 bits per heavy atom. The number of Topliss-reactive ketones (excluding diaryl/α,β-unsaturated/α-hetero) is 1. The number of phosphoric acid groups is 1. The first-order valence-electron chi connectivity index (χ1n) is 31.0. The number of carbonyl (C=O) groups is 6. The van der Waals surface area contributed by atoms with Crippen LogP contribution in [-0.4, -0.2) is 112 Å². The molecule has 2 bridgehead atoms. The molecule has 1 aliphatic heterocycles. The van der Waals surface area contributed by atoms with Gasteiger partial charge in [-0.25, -0.2) is 13.8 Å². The van der Waals surface area contributed by atoms with Crippen molar-refractivity contribution in [2.45, 2.75) is 204 Å². The number of ether oxygens (including phenoxy) is 4. The van der Waals surface area contributed by atoms with E-state index in [1.54, 1.807) is 75.3 Å². The smallest absolute Gasteiger partial charge is 0.460 e. The van der Waals surface area contributed by atoms with E-state index in [2.05, 4.69) is 16.0 Å². The first-order valence-corrected chi connectivity index (χ1v) is 32.4. The van der Waals surface area contributed by atoms with Gasteiger partial charge in [0.1, 0.15) is 31.4 Å². The number of aliphatic hydroxyl groups excluding tert-OH is 1. The molecule has 9 aliphatic rings. The third kappa shape index (κ3) is 11.7. The lowest BCUT2D eigenvalue weighted by Crippen LogP contribution is -2.76. The average molecular weight is 1230 g/mol. The number of hydrogen-bond acceptors (Lipinski definition) is 15. The van der Waals surface area contributed by atoms with Gasteiger partial charge in [-0.3, -0.25) is 37.5 Å². The van der Waals surface area contributed by atoms with E-state index < -0.39 is 131 Å². The van der Waals surface area contributed by atoms with Gasteiger partial charge >= 0.3 is 19.9 Å². The number of nitrogens with one attached hydrogen (secondary N) is 3. The summed E-state index contributed by atoms with van der Waals surface area (Å²) in [7, 11) is -4.41. The number of esters is 1. The van der Waals surface area contributed by atoms with Gasteiger partial charge in [-0.15, -0.1) is 0 Å². The van der Waals surface area contributed by atoms with Crippen LogP contribution in [0.3, 0.4) is 0 Å². The molecule has 0 aromatic heterocycles. The second-order valence-electron chi connectivity index (χ2n) is 29.5. The SMILES string of the molecule is CC(C)(C)OC(=O)CC[C@H](NC(=O)CNC(=O)OCC1c2ccccc2-c2ccccc21)C(=O)NC12CC(Cc3ccc([C@@H]4O[C@@H]5C[C@H]6[C@@H]7CCC8=CC(=O)C=C[C@]8(C)[C@@]7(F)[C@@H](O)C[C@]6(C)[C@]5(C(=O)COP(=O)(OC(C)(C)C)OC(C)(C)C)O4)cc3)(C1)C2. The van der Waals surface area contributed by atoms with E-state index in [1.165, 1.54) is 12.2 Å². The van der Waals surface area contributed by atoms with Crippen LogP contribution in [0.15, 0.2) is 96.6 Å². The lowest BCUT2D eigenvalue weighted by molar-refractivity contribution is -0.231. The minimum Gasteiger partial charge on any atom is -0.460 e. The summed E-state index contributed by atoms with van der Waals surface area (Å²) in [6, 6.07) is 22.5. The molecule has 474 valence electrons. The Hall–Kier alpha value is -5.92. The Kier molecular flexibility index (Phi) is 16.3. The van der Waals surface area contributed by atoms with Gasteiger partial charge in [0, 0.05) is 40.2 Å². The van der Waals surface area contributed by atoms with Gasteiger partial charge in [-0.05, 0) is 178 Å². The maximum Gasteiger partial charge on any atom is 0.476 e. The number of hydrogen-bond donors (Lipinski definition) is 4. The zero-order valence-electron chi connectivity index (χ0n) is 52.4. The van der Waals surface area contributed by atoms with Crippen LogP contribution in [0, 0.1) is 28.1 Å².